The van der Waals surface area contributed by atoms with Crippen LogP contribution in [0.5, 0.6) is 0 Å². The van der Waals surface area contributed by atoms with Crippen LogP contribution in [0, 0.1) is 0 Å². The van der Waals surface area contributed by atoms with Gasteiger partial charge in [0.15, 0.2) is 0 Å². The molecule has 1 fully saturated rings. The second kappa shape index (κ2) is 9.03. The molecule has 0 bridgehead atoms. The van der Waals surface area contributed by atoms with Crippen LogP contribution >= 0.6 is 11.3 Å². The number of nitrogens with zero attached hydrogens (tertiary/aromatic N) is 1. The van der Waals surface area contributed by atoms with Crippen LogP contribution in [0.25, 0.3) is 0 Å². The maximum Gasteiger partial charge on any atom is 0.265 e. The Morgan fingerprint density at radius 1 is 0.966 bits per heavy atom. The zero-order valence-electron chi connectivity index (χ0n) is 16.0. The number of anilines is 1. The molecule has 5 nitrogen and oxygen atoms in total. The number of nitrogens with one attached hydrogen (secondary N) is 2. The number of rotatable bonds is 6. The Kier molecular flexibility index (Phi) is 6.03. The van der Waals surface area contributed by atoms with Gasteiger partial charge in [0.05, 0.1) is 4.88 Å². The molecule has 0 aliphatic carbocycles. The third-order valence-corrected chi connectivity index (χ3v) is 5.88. The molecule has 1 aliphatic rings. The normalized spacial score (nSPS) is 16.5. The molecule has 2 heterocycles. The van der Waals surface area contributed by atoms with Crippen LogP contribution in [0.15, 0.2) is 72.1 Å². The molecule has 3 aromatic rings. The number of carbonyl (C=O) groups is 2. The highest BCUT2D eigenvalue weighted by Gasteiger charge is 2.24. The molecule has 0 spiro atoms. The van der Waals surface area contributed by atoms with Gasteiger partial charge in [0.25, 0.3) is 11.8 Å². The van der Waals surface area contributed by atoms with Crippen LogP contribution in [0.3, 0.4) is 0 Å². The summed E-state index contributed by atoms with van der Waals surface area (Å²) in [5.74, 6) is -0.214. The predicted octanol–water partition coefficient (Wildman–Crippen LogP) is 4.00. The highest BCUT2D eigenvalue weighted by molar-refractivity contribution is 7.12. The van der Waals surface area contributed by atoms with E-state index in [2.05, 4.69) is 39.8 Å². The Hall–Kier alpha value is -2.96. The predicted molar refractivity (Wildman–Crippen MR) is 116 cm³/mol. The SMILES string of the molecule is O=C(NC1CCN(Cc2ccccc2)C1)c1ccc(NC(=O)c2cccs2)cc1. The van der Waals surface area contributed by atoms with Gasteiger partial charge in [-0.05, 0) is 47.7 Å². The fourth-order valence-electron chi connectivity index (χ4n) is 3.51. The second-order valence-electron chi connectivity index (χ2n) is 7.19. The minimum absolute atomic E-state index is 0.0762. The monoisotopic (exact) mass is 405 g/mol. The standard InChI is InChI=1S/C23H23N3O2S/c27-22(25-20-12-13-26(16-20)15-17-5-2-1-3-6-17)18-8-10-19(11-9-18)24-23(28)21-7-4-14-29-21/h1-11,14,20H,12-13,15-16H2,(H,24,28)(H,25,27). The zero-order valence-corrected chi connectivity index (χ0v) is 16.8. The van der Waals surface area contributed by atoms with Crippen molar-refractivity contribution in [3.8, 4) is 0 Å². The molecule has 0 radical (unpaired) electrons. The minimum Gasteiger partial charge on any atom is -0.348 e. The molecule has 1 aromatic heterocycles. The molecule has 1 atom stereocenters. The third-order valence-electron chi connectivity index (χ3n) is 5.01. The molecular weight excluding hydrogens is 382 g/mol. The van der Waals surface area contributed by atoms with Gasteiger partial charge in [-0.25, -0.2) is 0 Å². The summed E-state index contributed by atoms with van der Waals surface area (Å²) in [6.07, 6.45) is 0.952. The van der Waals surface area contributed by atoms with E-state index >= 15 is 0 Å². The summed E-state index contributed by atoms with van der Waals surface area (Å²) < 4.78 is 0. The summed E-state index contributed by atoms with van der Waals surface area (Å²) in [7, 11) is 0. The fourth-order valence-corrected chi connectivity index (χ4v) is 4.13. The Morgan fingerprint density at radius 2 is 1.76 bits per heavy atom. The smallest absolute Gasteiger partial charge is 0.265 e. The van der Waals surface area contributed by atoms with Crippen LogP contribution in [0.1, 0.15) is 32.0 Å². The average Bonchev–Trinajstić information content (AvgIpc) is 3.42. The van der Waals surface area contributed by atoms with E-state index < -0.39 is 0 Å². The lowest BCUT2D eigenvalue weighted by Crippen LogP contribution is -2.36. The molecule has 29 heavy (non-hydrogen) atoms. The van der Waals surface area contributed by atoms with Crippen LogP contribution in [-0.4, -0.2) is 35.8 Å². The molecular formula is C23H23N3O2S. The molecule has 1 saturated heterocycles. The average molecular weight is 406 g/mol. The summed E-state index contributed by atoms with van der Waals surface area (Å²) in [6.45, 7) is 2.75. The second-order valence-corrected chi connectivity index (χ2v) is 8.14. The summed E-state index contributed by atoms with van der Waals surface area (Å²) in [6, 6.07) is 21.2. The first-order chi connectivity index (χ1) is 14.2. The van der Waals surface area contributed by atoms with E-state index in [0.29, 0.717) is 16.1 Å². The highest BCUT2D eigenvalue weighted by Crippen LogP contribution is 2.16. The van der Waals surface area contributed by atoms with Crippen molar-refractivity contribution in [3.63, 3.8) is 0 Å². The number of amides is 2. The third kappa shape index (κ3) is 5.10. The Labute approximate surface area is 174 Å². The first-order valence-electron chi connectivity index (χ1n) is 9.69. The fraction of sp³-hybridized carbons (Fsp3) is 0.217. The molecule has 1 aliphatic heterocycles. The molecule has 4 rings (SSSR count). The Balaban J connectivity index is 1.28. The van der Waals surface area contributed by atoms with Crippen LogP contribution in [-0.2, 0) is 6.54 Å². The van der Waals surface area contributed by atoms with E-state index in [1.807, 2.05) is 17.5 Å². The topological polar surface area (TPSA) is 61.4 Å². The van der Waals surface area contributed by atoms with Crippen molar-refractivity contribution in [1.82, 2.24) is 10.2 Å². The van der Waals surface area contributed by atoms with Crippen LogP contribution < -0.4 is 10.6 Å². The molecule has 2 aromatic carbocycles. The van der Waals surface area contributed by atoms with Gasteiger partial charge in [-0.3, -0.25) is 14.5 Å². The lowest BCUT2D eigenvalue weighted by molar-refractivity contribution is 0.0937. The number of hydrogen-bond donors (Lipinski definition) is 2. The number of benzene rings is 2. The largest absolute Gasteiger partial charge is 0.348 e. The summed E-state index contributed by atoms with van der Waals surface area (Å²) >= 11 is 1.40. The first-order valence-corrected chi connectivity index (χ1v) is 10.6. The van der Waals surface area contributed by atoms with Crippen molar-refractivity contribution < 1.29 is 9.59 Å². The lowest BCUT2D eigenvalue weighted by Gasteiger charge is -2.17. The van der Waals surface area contributed by atoms with Gasteiger partial charge < -0.3 is 10.6 Å². The van der Waals surface area contributed by atoms with Crippen LogP contribution in [0.2, 0.25) is 0 Å². The number of hydrogen-bond acceptors (Lipinski definition) is 4. The Bertz CT molecular complexity index is 956. The summed E-state index contributed by atoms with van der Waals surface area (Å²) in [5.41, 5.74) is 2.56. The first kappa shape index (κ1) is 19.4. The van der Waals surface area contributed by atoms with E-state index in [4.69, 9.17) is 0 Å². The molecule has 148 valence electrons. The van der Waals surface area contributed by atoms with Crippen LogP contribution in [0.4, 0.5) is 5.69 Å². The van der Waals surface area contributed by atoms with Crippen molar-refractivity contribution in [2.45, 2.75) is 19.0 Å². The van der Waals surface area contributed by atoms with E-state index in [1.165, 1.54) is 16.9 Å². The van der Waals surface area contributed by atoms with E-state index in [0.717, 1.165) is 26.1 Å². The lowest BCUT2D eigenvalue weighted by atomic mass is 10.1. The molecule has 2 N–H and O–H groups in total. The van der Waals surface area contributed by atoms with Crippen molar-refractivity contribution in [2.75, 3.05) is 18.4 Å². The van der Waals surface area contributed by atoms with Crippen molar-refractivity contribution in [2.24, 2.45) is 0 Å². The van der Waals surface area contributed by atoms with Gasteiger partial charge in [0.2, 0.25) is 0 Å². The van der Waals surface area contributed by atoms with E-state index in [1.54, 1.807) is 30.3 Å². The van der Waals surface area contributed by atoms with Crippen molar-refractivity contribution >= 4 is 28.8 Å². The number of carbonyl (C=O) groups excluding carboxylic acids is 2. The molecule has 1 unspecified atom stereocenters. The summed E-state index contributed by atoms with van der Waals surface area (Å²) in [4.78, 5) is 27.7. The molecule has 0 saturated carbocycles. The van der Waals surface area contributed by atoms with Crippen molar-refractivity contribution in [3.05, 3.63) is 88.1 Å². The van der Waals surface area contributed by atoms with Gasteiger partial charge in [0.1, 0.15) is 0 Å². The number of likely N-dealkylation sites (tertiary alicyclic amines) is 1. The summed E-state index contributed by atoms with van der Waals surface area (Å²) in [5, 5.41) is 7.84. The van der Waals surface area contributed by atoms with Gasteiger partial charge in [0, 0.05) is 36.9 Å². The zero-order chi connectivity index (χ0) is 20.1. The minimum atomic E-state index is -0.137. The van der Waals surface area contributed by atoms with E-state index in [-0.39, 0.29) is 17.9 Å². The van der Waals surface area contributed by atoms with Gasteiger partial charge >= 0.3 is 0 Å². The number of thiophene rings is 1. The maximum atomic E-state index is 12.6. The molecule has 6 heteroatoms. The van der Waals surface area contributed by atoms with Crippen molar-refractivity contribution in [1.29, 1.82) is 0 Å². The molecule has 2 amide bonds. The van der Waals surface area contributed by atoms with Gasteiger partial charge in [-0.2, -0.15) is 0 Å². The van der Waals surface area contributed by atoms with Gasteiger partial charge in [-0.1, -0.05) is 36.4 Å². The maximum absolute atomic E-state index is 12.6. The van der Waals surface area contributed by atoms with E-state index in [9.17, 15) is 9.59 Å². The quantitative estimate of drug-likeness (QED) is 0.652. The van der Waals surface area contributed by atoms with Gasteiger partial charge in [-0.15, -0.1) is 11.3 Å². The Morgan fingerprint density at radius 3 is 2.48 bits per heavy atom. The highest BCUT2D eigenvalue weighted by atomic mass is 32.1.